The second-order valence-electron chi connectivity index (χ2n) is 5.88. The smallest absolute Gasteiger partial charge is 0.264 e. The second kappa shape index (κ2) is 5.73. The number of rotatable bonds is 6. The third-order valence-corrected chi connectivity index (χ3v) is 4.83. The van der Waals surface area contributed by atoms with Crippen molar-refractivity contribution in [3.8, 4) is 0 Å². The molecule has 1 aromatic carbocycles. The molecule has 0 aliphatic carbocycles. The van der Waals surface area contributed by atoms with Crippen molar-refractivity contribution in [1.82, 2.24) is 0 Å². The average Bonchev–Trinajstić information content (AvgIpc) is 2.62. The predicted molar refractivity (Wildman–Crippen MR) is 85.1 cm³/mol. The van der Waals surface area contributed by atoms with Gasteiger partial charge in [-0.2, -0.15) is 13.0 Å². The third-order valence-electron chi connectivity index (χ3n) is 4.03. The quantitative estimate of drug-likeness (QED) is 0.499. The van der Waals surface area contributed by atoms with Gasteiger partial charge in [-0.3, -0.25) is 4.55 Å². The van der Waals surface area contributed by atoms with Crippen molar-refractivity contribution in [2.24, 2.45) is 0 Å². The molecule has 0 unspecified atom stereocenters. The highest BCUT2D eigenvalue weighted by atomic mass is 32.2. The molecule has 21 heavy (non-hydrogen) atoms. The molecule has 0 radical (unpaired) electrons. The SMILES string of the molecule is C=CC1=[N+](CCCCS(=O)(=O)O)c2ccccc2C1(C)C. The lowest BCUT2D eigenvalue weighted by atomic mass is 9.82. The van der Waals surface area contributed by atoms with Gasteiger partial charge in [-0.15, -0.1) is 0 Å². The number of benzene rings is 1. The summed E-state index contributed by atoms with van der Waals surface area (Å²) in [5.41, 5.74) is 3.45. The maximum absolute atomic E-state index is 10.8. The number of para-hydroxylation sites is 1. The van der Waals surface area contributed by atoms with Crippen LogP contribution in [0.25, 0.3) is 0 Å². The molecule has 1 N–H and O–H groups in total. The van der Waals surface area contributed by atoms with Gasteiger partial charge in [-0.05, 0) is 26.3 Å². The molecule has 5 heteroatoms. The molecular weight excluding hydrogens is 286 g/mol. The Morgan fingerprint density at radius 1 is 1.29 bits per heavy atom. The molecule has 1 aromatic rings. The van der Waals surface area contributed by atoms with Crippen molar-refractivity contribution >= 4 is 21.5 Å². The van der Waals surface area contributed by atoms with Crippen LogP contribution < -0.4 is 0 Å². The van der Waals surface area contributed by atoms with Gasteiger partial charge < -0.3 is 0 Å². The predicted octanol–water partition coefficient (Wildman–Crippen LogP) is 2.92. The average molecular weight is 308 g/mol. The van der Waals surface area contributed by atoms with Crippen LogP contribution >= 0.6 is 0 Å². The van der Waals surface area contributed by atoms with E-state index < -0.39 is 10.1 Å². The number of hydrogen-bond donors (Lipinski definition) is 1. The molecular formula is C16H22NO3S+. The van der Waals surface area contributed by atoms with E-state index in [-0.39, 0.29) is 11.2 Å². The highest BCUT2D eigenvalue weighted by Crippen LogP contribution is 2.39. The summed E-state index contributed by atoms with van der Waals surface area (Å²) < 4.78 is 32.5. The van der Waals surface area contributed by atoms with Crippen LogP contribution in [-0.4, -0.2) is 35.6 Å². The lowest BCUT2D eigenvalue weighted by Crippen LogP contribution is -2.27. The van der Waals surface area contributed by atoms with E-state index in [2.05, 4.69) is 37.1 Å². The minimum absolute atomic E-state index is 0.0958. The van der Waals surface area contributed by atoms with Crippen molar-refractivity contribution in [3.63, 3.8) is 0 Å². The Bertz CT molecular complexity index is 687. The lowest BCUT2D eigenvalue weighted by molar-refractivity contribution is -0.438. The van der Waals surface area contributed by atoms with Gasteiger partial charge in [0.1, 0.15) is 6.54 Å². The highest BCUT2D eigenvalue weighted by Gasteiger charge is 2.43. The zero-order valence-corrected chi connectivity index (χ0v) is 13.4. The van der Waals surface area contributed by atoms with Crippen LogP contribution in [-0.2, 0) is 15.5 Å². The van der Waals surface area contributed by atoms with Gasteiger partial charge >= 0.3 is 0 Å². The first-order chi connectivity index (χ1) is 9.77. The molecule has 1 aliphatic rings. The Morgan fingerprint density at radius 3 is 2.57 bits per heavy atom. The van der Waals surface area contributed by atoms with Crippen molar-refractivity contribution in [2.45, 2.75) is 32.1 Å². The fourth-order valence-electron chi connectivity index (χ4n) is 3.00. The fraction of sp³-hybridized carbons (Fsp3) is 0.438. The van der Waals surface area contributed by atoms with E-state index >= 15 is 0 Å². The van der Waals surface area contributed by atoms with E-state index in [1.54, 1.807) is 0 Å². The monoisotopic (exact) mass is 308 g/mol. The molecule has 0 aromatic heterocycles. The van der Waals surface area contributed by atoms with Crippen molar-refractivity contribution in [3.05, 3.63) is 42.5 Å². The molecule has 0 saturated heterocycles. The number of nitrogens with zero attached hydrogens (tertiary/aromatic N) is 1. The van der Waals surface area contributed by atoms with Crippen LogP contribution in [0, 0.1) is 0 Å². The Morgan fingerprint density at radius 2 is 1.95 bits per heavy atom. The van der Waals surface area contributed by atoms with Crippen molar-refractivity contribution < 1.29 is 17.5 Å². The molecule has 0 spiro atoms. The summed E-state index contributed by atoms with van der Waals surface area (Å²) in [6.07, 6.45) is 3.02. The first-order valence-corrected chi connectivity index (χ1v) is 8.70. The summed E-state index contributed by atoms with van der Waals surface area (Å²) in [6.45, 7) is 8.98. The number of unbranched alkanes of at least 4 members (excludes halogenated alkanes) is 1. The molecule has 114 valence electrons. The van der Waals surface area contributed by atoms with E-state index in [0.717, 1.165) is 17.9 Å². The molecule has 1 aliphatic heterocycles. The Kier molecular flexibility index (Phi) is 4.35. The zero-order chi connectivity index (χ0) is 15.7. The summed E-state index contributed by atoms with van der Waals surface area (Å²) in [5.74, 6) is -0.185. The van der Waals surface area contributed by atoms with Crippen LogP contribution in [0.3, 0.4) is 0 Å². The molecule has 0 amide bonds. The van der Waals surface area contributed by atoms with E-state index in [4.69, 9.17) is 4.55 Å². The summed E-state index contributed by atoms with van der Waals surface area (Å²) >= 11 is 0. The van der Waals surface area contributed by atoms with Crippen molar-refractivity contribution in [2.75, 3.05) is 12.3 Å². The summed E-state index contributed by atoms with van der Waals surface area (Å²) in [7, 11) is -3.87. The van der Waals surface area contributed by atoms with Gasteiger partial charge in [0, 0.05) is 18.1 Å². The maximum Gasteiger partial charge on any atom is 0.264 e. The number of fused-ring (bicyclic) bond motifs is 1. The first kappa shape index (κ1) is 15.9. The summed E-state index contributed by atoms with van der Waals surface area (Å²) in [6, 6.07) is 8.24. The minimum atomic E-state index is -3.87. The fourth-order valence-corrected chi connectivity index (χ4v) is 3.57. The number of hydrogen-bond acceptors (Lipinski definition) is 2. The van der Waals surface area contributed by atoms with Crippen LogP contribution in [0.2, 0.25) is 0 Å². The molecule has 0 atom stereocenters. The topological polar surface area (TPSA) is 57.4 Å². The Labute approximate surface area is 126 Å². The molecule has 1 heterocycles. The molecule has 0 saturated carbocycles. The van der Waals surface area contributed by atoms with Gasteiger partial charge in [0.25, 0.3) is 10.1 Å². The van der Waals surface area contributed by atoms with Gasteiger partial charge in [0.2, 0.25) is 5.69 Å². The van der Waals surface area contributed by atoms with Gasteiger partial charge in [-0.1, -0.05) is 24.8 Å². The van der Waals surface area contributed by atoms with Gasteiger partial charge in [-0.25, -0.2) is 0 Å². The first-order valence-electron chi connectivity index (χ1n) is 7.09. The van der Waals surface area contributed by atoms with E-state index in [1.165, 1.54) is 5.56 Å². The molecule has 4 nitrogen and oxygen atoms in total. The van der Waals surface area contributed by atoms with Crippen molar-refractivity contribution in [1.29, 1.82) is 0 Å². The summed E-state index contributed by atoms with van der Waals surface area (Å²) in [5, 5.41) is 0. The normalized spacial score (nSPS) is 16.9. The maximum atomic E-state index is 10.8. The van der Waals surface area contributed by atoms with Gasteiger partial charge in [0.05, 0.1) is 11.2 Å². The van der Waals surface area contributed by atoms with Crippen LogP contribution in [0.4, 0.5) is 5.69 Å². The minimum Gasteiger partial charge on any atom is -0.286 e. The summed E-state index contributed by atoms with van der Waals surface area (Å²) in [4.78, 5) is 0. The van der Waals surface area contributed by atoms with Gasteiger partial charge in [0.15, 0.2) is 5.71 Å². The largest absolute Gasteiger partial charge is 0.286 e. The van der Waals surface area contributed by atoms with Crippen LogP contribution in [0.1, 0.15) is 32.3 Å². The zero-order valence-electron chi connectivity index (χ0n) is 12.5. The van der Waals surface area contributed by atoms with Crippen LogP contribution in [0.5, 0.6) is 0 Å². The Hall–Kier alpha value is -1.46. The van der Waals surface area contributed by atoms with E-state index in [1.807, 2.05) is 18.2 Å². The molecule has 2 rings (SSSR count). The lowest BCUT2D eigenvalue weighted by Gasteiger charge is -2.14. The molecule has 0 fully saturated rings. The number of allylic oxidation sites excluding steroid dienone is 1. The second-order valence-corrected chi connectivity index (χ2v) is 7.45. The van der Waals surface area contributed by atoms with E-state index in [9.17, 15) is 8.42 Å². The van der Waals surface area contributed by atoms with Crippen LogP contribution in [0.15, 0.2) is 36.9 Å². The standard InChI is InChI=1S/C16H21NO3S/c1-4-15-16(2,3)13-9-5-6-10-14(13)17(15)11-7-8-12-21(18,19)20/h4-6,9-10H,1,7-8,11-12H2,2-3H3/p+1. The third kappa shape index (κ3) is 3.24. The van der Waals surface area contributed by atoms with E-state index in [0.29, 0.717) is 12.8 Å². The molecule has 0 bridgehead atoms. The highest BCUT2D eigenvalue weighted by molar-refractivity contribution is 7.85. The Balaban J connectivity index is 2.22.